The van der Waals surface area contributed by atoms with Gasteiger partial charge in [0, 0.05) is 12.6 Å². The van der Waals surface area contributed by atoms with Crippen molar-refractivity contribution in [3.8, 4) is 5.88 Å². The molecule has 2 unspecified atom stereocenters. The number of aromatic hydroxyl groups is 1. The Morgan fingerprint density at radius 3 is 2.63 bits per heavy atom. The van der Waals surface area contributed by atoms with E-state index in [1.807, 2.05) is 0 Å². The van der Waals surface area contributed by atoms with Gasteiger partial charge in [-0.25, -0.2) is 14.5 Å². The number of nitrogens with zero attached hydrogens (tertiary/aromatic N) is 4. The molecule has 15 heteroatoms. The van der Waals surface area contributed by atoms with E-state index in [9.17, 15) is 19.9 Å². The van der Waals surface area contributed by atoms with Crippen LogP contribution in [0.3, 0.4) is 0 Å². The van der Waals surface area contributed by atoms with Crippen molar-refractivity contribution < 1.29 is 38.9 Å². The number of fused-ring (bicyclic) bond motifs is 1. The van der Waals surface area contributed by atoms with E-state index in [-0.39, 0.29) is 17.7 Å². The highest BCUT2D eigenvalue weighted by Crippen LogP contribution is 2.42. The van der Waals surface area contributed by atoms with Crippen molar-refractivity contribution in [3.63, 3.8) is 0 Å². The standard InChI is InChI=1S/C12H19N6O8P/c13-1-4(14)8(26-27(22,23)24)9-6(19)7(20)12(25-9)18-3-17-5-10(18)15-2-16-11(5)21/h2-4,6-9,12,19-20H,1,13-14H2,(H,15,16,21)(H2,22,23,24)/t4?,6-,7+,8?,9-,12+/m0/s1. The van der Waals surface area contributed by atoms with E-state index in [4.69, 9.17) is 26.0 Å². The lowest BCUT2D eigenvalue weighted by Crippen LogP contribution is -2.52. The summed E-state index contributed by atoms with van der Waals surface area (Å²) >= 11 is 0. The van der Waals surface area contributed by atoms with Gasteiger partial charge in [0.05, 0.1) is 6.33 Å². The summed E-state index contributed by atoms with van der Waals surface area (Å²) in [5, 5.41) is 30.4. The van der Waals surface area contributed by atoms with Crippen molar-refractivity contribution in [1.82, 2.24) is 19.5 Å². The Bertz CT molecular complexity index is 860. The molecule has 3 rings (SSSR count). The highest BCUT2D eigenvalue weighted by atomic mass is 31.2. The summed E-state index contributed by atoms with van der Waals surface area (Å²) in [5.74, 6) is -0.392. The first kappa shape index (κ1) is 20.0. The SMILES string of the molecule is NCC(N)C(OP(=O)(O)O)[C@H]1O[C@@H](n2cnc3c(O)ncnc32)[C@H](O)[C@@H]1O. The maximum atomic E-state index is 11.2. The van der Waals surface area contributed by atoms with Crippen LogP contribution in [-0.4, -0.2) is 81.6 Å². The van der Waals surface area contributed by atoms with Gasteiger partial charge in [0.2, 0.25) is 5.88 Å². The van der Waals surface area contributed by atoms with Gasteiger partial charge in [0.1, 0.15) is 30.7 Å². The molecule has 14 nitrogen and oxygen atoms in total. The fourth-order valence-corrected chi connectivity index (χ4v) is 3.48. The number of imidazole rings is 1. The van der Waals surface area contributed by atoms with Gasteiger partial charge < -0.3 is 41.3 Å². The summed E-state index contributed by atoms with van der Waals surface area (Å²) in [7, 11) is -4.99. The summed E-state index contributed by atoms with van der Waals surface area (Å²) in [6.07, 6.45) is -5.07. The molecule has 1 saturated heterocycles. The average molecular weight is 406 g/mol. The molecule has 9 N–H and O–H groups in total. The summed E-state index contributed by atoms with van der Waals surface area (Å²) in [6.45, 7) is -0.229. The van der Waals surface area contributed by atoms with Gasteiger partial charge in [-0.3, -0.25) is 9.09 Å². The van der Waals surface area contributed by atoms with Gasteiger partial charge in [-0.05, 0) is 0 Å². The Hall–Kier alpha value is -1.74. The third kappa shape index (κ3) is 3.80. The molecular weight excluding hydrogens is 387 g/mol. The zero-order valence-corrected chi connectivity index (χ0v) is 14.6. The van der Waals surface area contributed by atoms with Gasteiger partial charge in [-0.2, -0.15) is 4.98 Å². The van der Waals surface area contributed by atoms with Crippen molar-refractivity contribution in [2.24, 2.45) is 11.5 Å². The second-order valence-electron chi connectivity index (χ2n) is 5.95. The Kier molecular flexibility index (Phi) is 5.45. The molecule has 0 radical (unpaired) electrons. The summed E-state index contributed by atoms with van der Waals surface area (Å²) in [4.78, 5) is 29.6. The molecule has 150 valence electrons. The predicted molar refractivity (Wildman–Crippen MR) is 86.9 cm³/mol. The van der Waals surface area contributed by atoms with Crippen LogP contribution in [0.4, 0.5) is 0 Å². The molecule has 1 aliphatic heterocycles. The Morgan fingerprint density at radius 2 is 2.00 bits per heavy atom. The van der Waals surface area contributed by atoms with Crippen molar-refractivity contribution in [2.45, 2.75) is 36.7 Å². The van der Waals surface area contributed by atoms with Crippen LogP contribution in [0.1, 0.15) is 6.23 Å². The lowest BCUT2D eigenvalue weighted by molar-refractivity contribution is -0.0865. The van der Waals surface area contributed by atoms with E-state index in [1.165, 1.54) is 10.9 Å². The maximum absolute atomic E-state index is 11.2. The maximum Gasteiger partial charge on any atom is 0.470 e. The molecule has 1 fully saturated rings. The van der Waals surface area contributed by atoms with E-state index in [0.717, 1.165) is 6.33 Å². The van der Waals surface area contributed by atoms with Crippen molar-refractivity contribution in [2.75, 3.05) is 6.54 Å². The van der Waals surface area contributed by atoms with Gasteiger partial charge in [0.15, 0.2) is 17.4 Å². The second-order valence-corrected chi connectivity index (χ2v) is 7.15. The molecule has 0 saturated carbocycles. The van der Waals surface area contributed by atoms with E-state index in [0.29, 0.717) is 0 Å². The molecular formula is C12H19N6O8P. The van der Waals surface area contributed by atoms with Crippen LogP contribution in [0.5, 0.6) is 5.88 Å². The third-order valence-electron chi connectivity index (χ3n) is 4.17. The lowest BCUT2D eigenvalue weighted by Gasteiger charge is -2.29. The van der Waals surface area contributed by atoms with Crippen molar-refractivity contribution in [3.05, 3.63) is 12.7 Å². The minimum absolute atomic E-state index is 0.0351. The van der Waals surface area contributed by atoms with Crippen LogP contribution in [0.2, 0.25) is 0 Å². The van der Waals surface area contributed by atoms with Crippen LogP contribution in [0.15, 0.2) is 12.7 Å². The lowest BCUT2D eigenvalue weighted by atomic mass is 10.0. The molecule has 2 aromatic heterocycles. The fraction of sp³-hybridized carbons (Fsp3) is 0.583. The number of hydrogen-bond acceptors (Lipinski definition) is 11. The topological polar surface area (TPSA) is 232 Å². The zero-order chi connectivity index (χ0) is 19.9. The Labute approximate surface area is 151 Å². The fourth-order valence-electron chi connectivity index (χ4n) is 2.89. The molecule has 3 heterocycles. The number of hydrogen-bond donors (Lipinski definition) is 7. The largest absolute Gasteiger partial charge is 0.492 e. The minimum atomic E-state index is -4.99. The Morgan fingerprint density at radius 1 is 1.30 bits per heavy atom. The number of aliphatic hydroxyl groups excluding tert-OH is 2. The van der Waals surface area contributed by atoms with E-state index < -0.39 is 50.4 Å². The van der Waals surface area contributed by atoms with E-state index in [1.54, 1.807) is 0 Å². The van der Waals surface area contributed by atoms with Crippen LogP contribution < -0.4 is 11.5 Å². The molecule has 0 bridgehead atoms. The normalized spacial score (nSPS) is 28.5. The molecule has 0 spiro atoms. The molecule has 1 aliphatic rings. The zero-order valence-electron chi connectivity index (χ0n) is 13.7. The Balaban J connectivity index is 1.94. The van der Waals surface area contributed by atoms with Crippen LogP contribution in [-0.2, 0) is 13.8 Å². The molecule has 0 amide bonds. The number of phosphoric ester groups is 1. The monoisotopic (exact) mass is 406 g/mol. The number of rotatable bonds is 6. The number of nitrogens with two attached hydrogens (primary N) is 2. The van der Waals surface area contributed by atoms with Gasteiger partial charge in [0.25, 0.3) is 0 Å². The number of phosphoric acid groups is 1. The summed E-state index contributed by atoms with van der Waals surface area (Å²) in [5.41, 5.74) is 11.3. The molecule has 0 aliphatic carbocycles. The summed E-state index contributed by atoms with van der Waals surface area (Å²) < 4.78 is 22.7. The first-order chi connectivity index (χ1) is 12.6. The molecule has 2 aromatic rings. The number of aromatic nitrogens is 4. The molecule has 6 atom stereocenters. The third-order valence-corrected chi connectivity index (χ3v) is 4.68. The van der Waals surface area contributed by atoms with Gasteiger partial charge in [-0.1, -0.05) is 0 Å². The first-order valence-electron chi connectivity index (χ1n) is 7.71. The molecule has 0 aromatic carbocycles. The first-order valence-corrected chi connectivity index (χ1v) is 9.24. The van der Waals surface area contributed by atoms with Crippen molar-refractivity contribution >= 4 is 19.0 Å². The van der Waals surface area contributed by atoms with Gasteiger partial charge in [-0.15, -0.1) is 0 Å². The van der Waals surface area contributed by atoms with Crippen LogP contribution in [0, 0.1) is 0 Å². The van der Waals surface area contributed by atoms with E-state index in [2.05, 4.69) is 19.5 Å². The highest BCUT2D eigenvalue weighted by Gasteiger charge is 2.50. The smallest absolute Gasteiger partial charge is 0.470 e. The summed E-state index contributed by atoms with van der Waals surface area (Å²) in [6, 6.07) is -1.10. The van der Waals surface area contributed by atoms with Crippen LogP contribution >= 0.6 is 7.82 Å². The highest BCUT2D eigenvalue weighted by molar-refractivity contribution is 7.46. The number of aliphatic hydroxyl groups is 2. The van der Waals surface area contributed by atoms with Crippen LogP contribution in [0.25, 0.3) is 11.2 Å². The number of ether oxygens (including phenoxy) is 1. The van der Waals surface area contributed by atoms with Gasteiger partial charge >= 0.3 is 7.82 Å². The quantitative estimate of drug-likeness (QED) is 0.236. The molecule has 27 heavy (non-hydrogen) atoms. The minimum Gasteiger partial charge on any atom is -0.492 e. The van der Waals surface area contributed by atoms with Crippen molar-refractivity contribution in [1.29, 1.82) is 0 Å². The second kappa shape index (κ2) is 7.35. The van der Waals surface area contributed by atoms with E-state index >= 15 is 0 Å². The predicted octanol–water partition coefficient (Wildman–Crippen LogP) is -3.08. The average Bonchev–Trinajstić information content (AvgIpc) is 3.15.